The molecular formula is C29H20ClNO2. The van der Waals surface area contributed by atoms with Gasteiger partial charge in [0.15, 0.2) is 5.60 Å². The standard InChI is InChI=1S/C29H20ClNO2/c30-22-15-13-21(14-16-22)29(33)26-11-5-6-12-27(26)31(28(29)32)18-25-23-9-3-1-7-19(23)17-20-8-2-4-10-24(20)25/h1-17,33H,18H2/t29-/m1/s1. The normalized spacial score (nSPS) is 17.6. The highest BCUT2D eigenvalue weighted by molar-refractivity contribution is 6.30. The number of hydrogen-bond acceptors (Lipinski definition) is 2. The lowest BCUT2D eigenvalue weighted by atomic mass is 9.87. The van der Waals surface area contributed by atoms with Crippen molar-refractivity contribution in [3.63, 3.8) is 0 Å². The van der Waals surface area contributed by atoms with Gasteiger partial charge in [-0.3, -0.25) is 4.79 Å². The predicted molar refractivity (Wildman–Crippen MR) is 134 cm³/mol. The minimum atomic E-state index is -1.76. The summed E-state index contributed by atoms with van der Waals surface area (Å²) >= 11 is 6.07. The van der Waals surface area contributed by atoms with E-state index in [0.717, 1.165) is 32.8 Å². The highest BCUT2D eigenvalue weighted by atomic mass is 35.5. The van der Waals surface area contributed by atoms with Crippen LogP contribution in [0.1, 0.15) is 16.7 Å². The Hall–Kier alpha value is -3.66. The van der Waals surface area contributed by atoms with Crippen molar-refractivity contribution in [1.82, 2.24) is 0 Å². The van der Waals surface area contributed by atoms with Gasteiger partial charge in [-0.15, -0.1) is 0 Å². The third kappa shape index (κ3) is 2.97. The lowest BCUT2D eigenvalue weighted by molar-refractivity contribution is -0.132. The van der Waals surface area contributed by atoms with Crippen molar-refractivity contribution >= 4 is 44.7 Å². The summed E-state index contributed by atoms with van der Waals surface area (Å²) < 4.78 is 0. The van der Waals surface area contributed by atoms with E-state index in [1.54, 1.807) is 29.2 Å². The average Bonchev–Trinajstić information content (AvgIpc) is 3.07. The molecule has 1 aliphatic heterocycles. The molecule has 6 rings (SSSR count). The number of rotatable bonds is 3. The number of amides is 1. The van der Waals surface area contributed by atoms with Crippen molar-refractivity contribution in [3.05, 3.63) is 125 Å². The van der Waals surface area contributed by atoms with E-state index in [0.29, 0.717) is 22.7 Å². The zero-order valence-corrected chi connectivity index (χ0v) is 18.5. The van der Waals surface area contributed by atoms with Gasteiger partial charge in [0.25, 0.3) is 5.91 Å². The van der Waals surface area contributed by atoms with Gasteiger partial charge in [-0.2, -0.15) is 0 Å². The smallest absolute Gasteiger partial charge is 0.268 e. The Kier molecular flexibility index (Phi) is 4.51. The Labute approximate surface area is 196 Å². The van der Waals surface area contributed by atoms with Crippen LogP contribution in [0.3, 0.4) is 0 Å². The molecule has 0 saturated carbocycles. The molecule has 160 valence electrons. The second kappa shape index (κ2) is 7.45. The predicted octanol–water partition coefficient (Wildman–Crippen LogP) is 6.43. The van der Waals surface area contributed by atoms with E-state index < -0.39 is 5.60 Å². The summed E-state index contributed by atoms with van der Waals surface area (Å²) in [6, 6.07) is 32.9. The van der Waals surface area contributed by atoms with Crippen LogP contribution < -0.4 is 4.90 Å². The van der Waals surface area contributed by atoms with E-state index in [4.69, 9.17) is 11.6 Å². The molecule has 1 aliphatic rings. The first-order chi connectivity index (χ1) is 16.1. The Balaban J connectivity index is 1.55. The maximum absolute atomic E-state index is 13.9. The number of halogens is 1. The first kappa shape index (κ1) is 20.0. The van der Waals surface area contributed by atoms with Gasteiger partial charge in [-0.05, 0) is 56.9 Å². The molecule has 1 N–H and O–H groups in total. The molecule has 4 heteroatoms. The minimum absolute atomic E-state index is 0.355. The van der Waals surface area contributed by atoms with Crippen LogP contribution in [0.15, 0.2) is 103 Å². The summed E-state index contributed by atoms with van der Waals surface area (Å²) in [5, 5.41) is 16.8. The SMILES string of the molecule is O=C1N(Cc2c3ccccc3cc3ccccc23)c2ccccc2[C@]1(O)c1ccc(Cl)cc1. The fourth-order valence-corrected chi connectivity index (χ4v) is 5.12. The largest absolute Gasteiger partial charge is 0.372 e. The van der Waals surface area contributed by atoms with Crippen LogP contribution >= 0.6 is 11.6 Å². The third-order valence-electron chi connectivity index (χ3n) is 6.60. The Morgan fingerprint density at radius 2 is 1.33 bits per heavy atom. The number of carbonyl (C=O) groups excluding carboxylic acids is 1. The summed E-state index contributed by atoms with van der Waals surface area (Å²) in [7, 11) is 0. The molecule has 0 aromatic heterocycles. The lowest BCUT2D eigenvalue weighted by Crippen LogP contribution is -2.40. The summed E-state index contributed by atoms with van der Waals surface area (Å²) in [6.45, 7) is 0.355. The number of para-hydroxylation sites is 1. The third-order valence-corrected chi connectivity index (χ3v) is 6.85. The highest BCUT2D eigenvalue weighted by Crippen LogP contribution is 2.46. The van der Waals surface area contributed by atoms with Crippen molar-refractivity contribution in [2.75, 3.05) is 4.90 Å². The van der Waals surface area contributed by atoms with Crippen LogP contribution in [0.25, 0.3) is 21.5 Å². The van der Waals surface area contributed by atoms with Gasteiger partial charge in [0.2, 0.25) is 0 Å². The number of fused-ring (bicyclic) bond motifs is 3. The molecule has 0 fully saturated rings. The number of hydrogen-bond donors (Lipinski definition) is 1. The topological polar surface area (TPSA) is 40.5 Å². The summed E-state index contributed by atoms with van der Waals surface area (Å²) in [6.07, 6.45) is 0. The molecule has 0 bridgehead atoms. The second-order valence-electron chi connectivity index (χ2n) is 8.42. The zero-order valence-electron chi connectivity index (χ0n) is 17.7. The highest BCUT2D eigenvalue weighted by Gasteiger charge is 2.51. The van der Waals surface area contributed by atoms with Crippen molar-refractivity contribution in [3.8, 4) is 0 Å². The van der Waals surface area contributed by atoms with Gasteiger partial charge in [0, 0.05) is 10.6 Å². The Bertz CT molecular complexity index is 1490. The summed E-state index contributed by atoms with van der Waals surface area (Å²) in [5.74, 6) is -0.358. The fraction of sp³-hybridized carbons (Fsp3) is 0.0690. The molecule has 0 saturated heterocycles. The zero-order chi connectivity index (χ0) is 22.6. The van der Waals surface area contributed by atoms with Crippen molar-refractivity contribution in [2.24, 2.45) is 0 Å². The van der Waals surface area contributed by atoms with E-state index in [1.807, 2.05) is 48.5 Å². The van der Waals surface area contributed by atoms with Gasteiger partial charge in [0.1, 0.15) is 0 Å². The monoisotopic (exact) mass is 449 g/mol. The molecule has 1 atom stereocenters. The van der Waals surface area contributed by atoms with Crippen LogP contribution in [-0.2, 0) is 16.9 Å². The van der Waals surface area contributed by atoms with E-state index in [-0.39, 0.29) is 5.91 Å². The van der Waals surface area contributed by atoms with Crippen molar-refractivity contribution in [1.29, 1.82) is 0 Å². The molecular weight excluding hydrogens is 430 g/mol. The van der Waals surface area contributed by atoms with Crippen molar-refractivity contribution in [2.45, 2.75) is 12.1 Å². The maximum Gasteiger partial charge on any atom is 0.268 e. The molecule has 1 amide bonds. The number of nitrogens with zero attached hydrogens (tertiary/aromatic N) is 1. The molecule has 3 nitrogen and oxygen atoms in total. The molecule has 0 aliphatic carbocycles. The molecule has 1 heterocycles. The van der Waals surface area contributed by atoms with E-state index in [1.165, 1.54) is 0 Å². The van der Waals surface area contributed by atoms with Crippen LogP contribution in [0, 0.1) is 0 Å². The first-order valence-electron chi connectivity index (χ1n) is 10.9. The lowest BCUT2D eigenvalue weighted by Gasteiger charge is -2.24. The molecule has 0 unspecified atom stereocenters. The molecule has 33 heavy (non-hydrogen) atoms. The number of anilines is 1. The van der Waals surface area contributed by atoms with E-state index in [9.17, 15) is 9.90 Å². The van der Waals surface area contributed by atoms with Crippen LogP contribution in [-0.4, -0.2) is 11.0 Å². The summed E-state index contributed by atoms with van der Waals surface area (Å²) in [5.41, 5.74) is 1.11. The number of aliphatic hydroxyl groups is 1. The first-order valence-corrected chi connectivity index (χ1v) is 11.2. The van der Waals surface area contributed by atoms with Crippen LogP contribution in [0.5, 0.6) is 0 Å². The van der Waals surface area contributed by atoms with E-state index in [2.05, 4.69) is 30.3 Å². The molecule has 5 aromatic rings. The van der Waals surface area contributed by atoms with Gasteiger partial charge in [0.05, 0.1) is 12.2 Å². The Morgan fingerprint density at radius 3 is 2.00 bits per heavy atom. The van der Waals surface area contributed by atoms with Gasteiger partial charge < -0.3 is 10.0 Å². The van der Waals surface area contributed by atoms with Gasteiger partial charge >= 0.3 is 0 Å². The fourth-order valence-electron chi connectivity index (χ4n) is 5.00. The Morgan fingerprint density at radius 1 is 0.758 bits per heavy atom. The number of benzene rings is 5. The van der Waals surface area contributed by atoms with Crippen LogP contribution in [0.4, 0.5) is 5.69 Å². The second-order valence-corrected chi connectivity index (χ2v) is 8.86. The van der Waals surface area contributed by atoms with Gasteiger partial charge in [-0.25, -0.2) is 0 Å². The van der Waals surface area contributed by atoms with Gasteiger partial charge in [-0.1, -0.05) is 90.5 Å². The number of carbonyl (C=O) groups is 1. The average molecular weight is 450 g/mol. The minimum Gasteiger partial charge on any atom is -0.372 e. The molecule has 0 spiro atoms. The van der Waals surface area contributed by atoms with Crippen LogP contribution in [0.2, 0.25) is 5.02 Å². The quantitative estimate of drug-likeness (QED) is 0.322. The summed E-state index contributed by atoms with van der Waals surface area (Å²) in [4.78, 5) is 15.6. The van der Waals surface area contributed by atoms with E-state index >= 15 is 0 Å². The molecule has 5 aromatic carbocycles. The molecule has 0 radical (unpaired) electrons. The van der Waals surface area contributed by atoms with Crippen molar-refractivity contribution < 1.29 is 9.90 Å². The maximum atomic E-state index is 13.9.